The van der Waals surface area contributed by atoms with Gasteiger partial charge in [-0.05, 0) is 48.5 Å². The zero-order valence-corrected chi connectivity index (χ0v) is 17.6. The second kappa shape index (κ2) is 9.29. The minimum Gasteiger partial charge on any atom is -0.451 e. The quantitative estimate of drug-likeness (QED) is 0.168. The van der Waals surface area contributed by atoms with E-state index in [4.69, 9.17) is 20.9 Å². The molecule has 4 N–H and O–H groups in total. The topological polar surface area (TPSA) is 70.5 Å². The van der Waals surface area contributed by atoms with E-state index in [1.54, 1.807) is 0 Å². The highest BCUT2D eigenvalue weighted by molar-refractivity contribution is 5.69. The normalized spacial score (nSPS) is 11.0. The standard InChI is InChI=1S/C24H12F8N2O2/c25-15-13(16(26)20(30)23(19(15)29)35-11-5-1-9(33)2-6-11)14-17(27)21(31)24(22(32)18(14)28)36-12-7-3-10(34)4-8-12/h1-8H,33-34H2. The van der Waals surface area contributed by atoms with Crippen LogP contribution in [-0.4, -0.2) is 0 Å². The molecule has 0 atom stereocenters. The van der Waals surface area contributed by atoms with Gasteiger partial charge in [0.05, 0.1) is 11.1 Å². The van der Waals surface area contributed by atoms with Gasteiger partial charge < -0.3 is 20.9 Å². The van der Waals surface area contributed by atoms with Crippen LogP contribution in [0.2, 0.25) is 0 Å². The van der Waals surface area contributed by atoms with Crippen LogP contribution in [-0.2, 0) is 0 Å². The zero-order valence-electron chi connectivity index (χ0n) is 17.6. The maximum absolute atomic E-state index is 14.8. The van der Waals surface area contributed by atoms with Gasteiger partial charge >= 0.3 is 0 Å². The van der Waals surface area contributed by atoms with Gasteiger partial charge in [0, 0.05) is 11.4 Å². The smallest absolute Gasteiger partial charge is 0.205 e. The van der Waals surface area contributed by atoms with Crippen molar-refractivity contribution in [2.75, 3.05) is 11.5 Å². The molecule has 0 saturated heterocycles. The summed E-state index contributed by atoms with van der Waals surface area (Å²) < 4.78 is 127. The number of ether oxygens (including phenoxy) is 2. The number of hydrogen-bond donors (Lipinski definition) is 2. The van der Waals surface area contributed by atoms with Crippen molar-refractivity contribution in [3.63, 3.8) is 0 Å². The van der Waals surface area contributed by atoms with Crippen LogP contribution < -0.4 is 20.9 Å². The van der Waals surface area contributed by atoms with E-state index < -0.39 is 69.2 Å². The number of rotatable bonds is 5. The molecule has 4 nitrogen and oxygen atoms in total. The molecule has 0 radical (unpaired) electrons. The third-order valence-electron chi connectivity index (χ3n) is 4.90. The summed E-state index contributed by atoms with van der Waals surface area (Å²) in [6.07, 6.45) is 0. The molecule has 4 rings (SSSR count). The second-order valence-corrected chi connectivity index (χ2v) is 7.26. The lowest BCUT2D eigenvalue weighted by Gasteiger charge is -2.16. The Morgan fingerprint density at radius 2 is 0.639 bits per heavy atom. The first kappa shape index (κ1) is 24.6. The van der Waals surface area contributed by atoms with Gasteiger partial charge in [0.2, 0.25) is 34.8 Å². The van der Waals surface area contributed by atoms with Crippen LogP contribution in [0.25, 0.3) is 11.1 Å². The highest BCUT2D eigenvalue weighted by Crippen LogP contribution is 2.43. The van der Waals surface area contributed by atoms with Crippen molar-refractivity contribution in [1.82, 2.24) is 0 Å². The van der Waals surface area contributed by atoms with Crippen molar-refractivity contribution in [2.45, 2.75) is 0 Å². The summed E-state index contributed by atoms with van der Waals surface area (Å²) in [6, 6.07) is 9.44. The molecule has 0 unspecified atom stereocenters. The first-order valence-electron chi connectivity index (χ1n) is 9.80. The van der Waals surface area contributed by atoms with E-state index in [9.17, 15) is 35.1 Å². The summed E-state index contributed by atoms with van der Waals surface area (Å²) in [5, 5.41) is 0. The van der Waals surface area contributed by atoms with Crippen molar-refractivity contribution < 1.29 is 44.6 Å². The Bertz CT molecular complexity index is 1300. The van der Waals surface area contributed by atoms with Gasteiger partial charge in [-0.3, -0.25) is 0 Å². The predicted molar refractivity (Wildman–Crippen MR) is 113 cm³/mol. The van der Waals surface area contributed by atoms with Gasteiger partial charge in [-0.1, -0.05) is 0 Å². The maximum Gasteiger partial charge on any atom is 0.205 e. The lowest BCUT2D eigenvalue weighted by atomic mass is 10.0. The minimum atomic E-state index is -2.37. The Labute approximate surface area is 197 Å². The van der Waals surface area contributed by atoms with Gasteiger partial charge in [-0.25, -0.2) is 17.6 Å². The van der Waals surface area contributed by atoms with E-state index in [-0.39, 0.29) is 22.9 Å². The summed E-state index contributed by atoms with van der Waals surface area (Å²) >= 11 is 0. The molecule has 0 aliphatic carbocycles. The number of anilines is 2. The first-order chi connectivity index (χ1) is 17.0. The Kier molecular flexibility index (Phi) is 6.35. The van der Waals surface area contributed by atoms with Gasteiger partial charge in [0.15, 0.2) is 23.3 Å². The average Bonchev–Trinajstić information content (AvgIpc) is 2.86. The van der Waals surface area contributed by atoms with Gasteiger partial charge in [-0.2, -0.15) is 17.6 Å². The largest absolute Gasteiger partial charge is 0.451 e. The Morgan fingerprint density at radius 3 is 0.889 bits per heavy atom. The zero-order chi connectivity index (χ0) is 26.3. The van der Waals surface area contributed by atoms with Crippen LogP contribution in [0.5, 0.6) is 23.0 Å². The summed E-state index contributed by atoms with van der Waals surface area (Å²) in [5.41, 5.74) is 7.29. The molecule has 0 bridgehead atoms. The molecule has 0 amide bonds. The van der Waals surface area contributed by atoms with E-state index in [0.717, 1.165) is 24.3 Å². The summed E-state index contributed by atoms with van der Waals surface area (Å²) in [7, 11) is 0. The highest BCUT2D eigenvalue weighted by atomic mass is 19.2. The molecule has 186 valence electrons. The fourth-order valence-corrected chi connectivity index (χ4v) is 3.15. The van der Waals surface area contributed by atoms with Crippen LogP contribution in [0.3, 0.4) is 0 Å². The number of nitrogen functional groups attached to an aromatic ring is 2. The van der Waals surface area contributed by atoms with Crippen molar-refractivity contribution in [2.24, 2.45) is 0 Å². The third-order valence-corrected chi connectivity index (χ3v) is 4.90. The van der Waals surface area contributed by atoms with Crippen molar-refractivity contribution in [1.29, 1.82) is 0 Å². The van der Waals surface area contributed by atoms with Crippen molar-refractivity contribution in [3.8, 4) is 34.1 Å². The van der Waals surface area contributed by atoms with Crippen molar-refractivity contribution in [3.05, 3.63) is 95.1 Å². The Hall–Kier alpha value is -4.48. The van der Waals surface area contributed by atoms with E-state index in [1.807, 2.05) is 0 Å². The predicted octanol–water partition coefficient (Wildman–Crippen LogP) is 7.22. The van der Waals surface area contributed by atoms with Crippen LogP contribution >= 0.6 is 0 Å². The first-order valence-corrected chi connectivity index (χ1v) is 9.80. The van der Waals surface area contributed by atoms with Crippen LogP contribution in [0, 0.1) is 46.5 Å². The molecule has 0 aliphatic rings. The van der Waals surface area contributed by atoms with E-state index in [2.05, 4.69) is 0 Å². The van der Waals surface area contributed by atoms with Gasteiger partial charge in [0.25, 0.3) is 0 Å². The summed E-state index contributed by atoms with van der Waals surface area (Å²) in [6.45, 7) is 0. The van der Waals surface area contributed by atoms with Gasteiger partial charge in [-0.15, -0.1) is 0 Å². The molecule has 0 heterocycles. The maximum atomic E-state index is 14.8. The monoisotopic (exact) mass is 512 g/mol. The number of nitrogens with two attached hydrogens (primary N) is 2. The molecule has 36 heavy (non-hydrogen) atoms. The summed E-state index contributed by atoms with van der Waals surface area (Å²) in [4.78, 5) is 0. The van der Waals surface area contributed by atoms with Crippen molar-refractivity contribution >= 4 is 11.4 Å². The van der Waals surface area contributed by atoms with E-state index in [0.29, 0.717) is 0 Å². The van der Waals surface area contributed by atoms with E-state index >= 15 is 0 Å². The molecular formula is C24H12F8N2O2. The van der Waals surface area contributed by atoms with Crippen LogP contribution in [0.4, 0.5) is 46.5 Å². The Balaban J connectivity index is 1.85. The average molecular weight is 512 g/mol. The minimum absolute atomic E-state index is 0.231. The van der Waals surface area contributed by atoms with E-state index in [1.165, 1.54) is 24.3 Å². The summed E-state index contributed by atoms with van der Waals surface area (Å²) in [5.74, 6) is -22.2. The molecule has 0 saturated carbocycles. The fraction of sp³-hybridized carbons (Fsp3) is 0. The van der Waals surface area contributed by atoms with Crippen LogP contribution in [0.1, 0.15) is 0 Å². The number of halogens is 8. The molecule has 4 aromatic carbocycles. The fourth-order valence-electron chi connectivity index (χ4n) is 3.15. The third kappa shape index (κ3) is 4.21. The Morgan fingerprint density at radius 1 is 0.389 bits per heavy atom. The lowest BCUT2D eigenvalue weighted by molar-refractivity contribution is 0.360. The number of hydrogen-bond acceptors (Lipinski definition) is 4. The molecule has 0 aromatic heterocycles. The lowest BCUT2D eigenvalue weighted by Crippen LogP contribution is -2.09. The molecule has 4 aromatic rings. The highest BCUT2D eigenvalue weighted by Gasteiger charge is 2.35. The van der Waals surface area contributed by atoms with Gasteiger partial charge in [0.1, 0.15) is 11.5 Å². The number of benzene rings is 4. The molecule has 0 fully saturated rings. The second-order valence-electron chi connectivity index (χ2n) is 7.26. The molecule has 0 spiro atoms. The molecule has 12 heteroatoms. The SMILES string of the molecule is Nc1ccc(Oc2c(F)c(F)c(-c3c(F)c(F)c(Oc4ccc(N)cc4)c(F)c3F)c(F)c2F)cc1. The molecular weight excluding hydrogens is 500 g/mol. The van der Waals surface area contributed by atoms with Crippen LogP contribution in [0.15, 0.2) is 48.5 Å². The molecule has 0 aliphatic heterocycles.